The minimum atomic E-state index is 0.107. The monoisotopic (exact) mass is 384 g/mol. The molecule has 5 nitrogen and oxygen atoms in total. The van der Waals surface area contributed by atoms with Gasteiger partial charge in [-0.1, -0.05) is 12.5 Å². The number of hydrogen-bond acceptors (Lipinski definition) is 3. The van der Waals surface area contributed by atoms with Crippen molar-refractivity contribution in [3.8, 4) is 5.75 Å². The molecule has 3 fully saturated rings. The zero-order valence-electron chi connectivity index (χ0n) is 17.2. The van der Waals surface area contributed by atoms with Crippen molar-refractivity contribution in [3.63, 3.8) is 0 Å². The molecule has 0 bridgehead atoms. The highest BCUT2D eigenvalue weighted by molar-refractivity contribution is 5.96. The molecule has 28 heavy (non-hydrogen) atoms. The fourth-order valence-electron chi connectivity index (χ4n) is 5.44. The molecule has 3 aliphatic rings. The molecule has 5 heteroatoms. The summed E-state index contributed by atoms with van der Waals surface area (Å²) in [5, 5.41) is 0. The molecule has 2 aliphatic heterocycles. The third-order valence-electron chi connectivity index (χ3n) is 7.35. The van der Waals surface area contributed by atoms with Gasteiger partial charge >= 0.3 is 0 Å². The number of nitrogens with zero attached hydrogens (tertiary/aromatic N) is 2. The quantitative estimate of drug-likeness (QED) is 0.779. The summed E-state index contributed by atoms with van der Waals surface area (Å²) in [4.78, 5) is 29.8. The van der Waals surface area contributed by atoms with Crippen molar-refractivity contribution in [1.82, 2.24) is 9.80 Å². The maximum atomic E-state index is 13.3. The van der Waals surface area contributed by atoms with Crippen molar-refractivity contribution in [3.05, 3.63) is 29.3 Å². The van der Waals surface area contributed by atoms with E-state index in [1.54, 1.807) is 7.11 Å². The number of carbonyl (C=O) groups excluding carboxylic acids is 2. The van der Waals surface area contributed by atoms with Gasteiger partial charge in [-0.3, -0.25) is 9.59 Å². The van der Waals surface area contributed by atoms with E-state index in [1.165, 1.54) is 19.3 Å². The molecule has 0 N–H and O–H groups in total. The van der Waals surface area contributed by atoms with Gasteiger partial charge in [-0.05, 0) is 62.5 Å². The van der Waals surface area contributed by atoms with Crippen LogP contribution in [0.3, 0.4) is 0 Å². The summed E-state index contributed by atoms with van der Waals surface area (Å²) in [7, 11) is 1.64. The van der Waals surface area contributed by atoms with Crippen LogP contribution < -0.4 is 4.74 Å². The van der Waals surface area contributed by atoms with Crippen molar-refractivity contribution in [2.24, 2.45) is 11.3 Å². The van der Waals surface area contributed by atoms with E-state index in [-0.39, 0.29) is 11.3 Å². The molecule has 2 saturated heterocycles. The molecule has 0 aromatic heterocycles. The Morgan fingerprint density at radius 3 is 2.54 bits per heavy atom. The second-order valence-corrected chi connectivity index (χ2v) is 8.86. The SMILES string of the molecule is COc1cccc(C(=O)N2CC(CCC(=O)N3CCCC3)C3(CCC3)C2)c1C. The molecule has 2 amide bonds. The predicted molar refractivity (Wildman–Crippen MR) is 108 cm³/mol. The first-order chi connectivity index (χ1) is 13.5. The number of hydrogen-bond donors (Lipinski definition) is 0. The Balaban J connectivity index is 1.44. The van der Waals surface area contributed by atoms with Crippen LogP contribution >= 0.6 is 0 Å². The van der Waals surface area contributed by atoms with Crippen molar-refractivity contribution < 1.29 is 14.3 Å². The number of amides is 2. The number of ether oxygens (including phenoxy) is 1. The molecule has 0 radical (unpaired) electrons. The topological polar surface area (TPSA) is 49.9 Å². The summed E-state index contributed by atoms with van der Waals surface area (Å²) in [6.07, 6.45) is 7.45. The Bertz CT molecular complexity index is 750. The first-order valence-corrected chi connectivity index (χ1v) is 10.7. The maximum absolute atomic E-state index is 13.3. The minimum absolute atomic E-state index is 0.107. The van der Waals surface area contributed by atoms with Crippen LogP contribution in [0.1, 0.15) is 60.9 Å². The van der Waals surface area contributed by atoms with Gasteiger partial charge in [0.2, 0.25) is 5.91 Å². The molecule has 152 valence electrons. The number of methoxy groups -OCH3 is 1. The van der Waals surface area contributed by atoms with Crippen LogP contribution in [0.4, 0.5) is 0 Å². The Hall–Kier alpha value is -2.04. The lowest BCUT2D eigenvalue weighted by Crippen LogP contribution is -2.39. The summed E-state index contributed by atoms with van der Waals surface area (Å²) in [5.74, 6) is 1.62. The van der Waals surface area contributed by atoms with E-state index in [4.69, 9.17) is 4.74 Å². The Kier molecular flexibility index (Phi) is 5.35. The third kappa shape index (κ3) is 3.40. The molecule has 1 unspecified atom stereocenters. The Morgan fingerprint density at radius 1 is 1.14 bits per heavy atom. The van der Waals surface area contributed by atoms with E-state index in [0.717, 1.165) is 62.3 Å². The van der Waals surface area contributed by atoms with E-state index in [0.29, 0.717) is 18.2 Å². The fourth-order valence-corrected chi connectivity index (χ4v) is 5.44. The van der Waals surface area contributed by atoms with Gasteiger partial charge in [0, 0.05) is 43.7 Å². The predicted octanol–water partition coefficient (Wildman–Crippen LogP) is 3.65. The van der Waals surface area contributed by atoms with Gasteiger partial charge in [0.1, 0.15) is 5.75 Å². The summed E-state index contributed by atoms with van der Waals surface area (Å²) in [5.41, 5.74) is 1.89. The molecule has 4 rings (SSSR count). The van der Waals surface area contributed by atoms with Gasteiger partial charge < -0.3 is 14.5 Å². The van der Waals surface area contributed by atoms with Gasteiger partial charge in [0.15, 0.2) is 0 Å². The molecular weight excluding hydrogens is 352 g/mol. The lowest BCUT2D eigenvalue weighted by Gasteiger charge is -2.43. The van der Waals surface area contributed by atoms with Crippen molar-refractivity contribution in [2.75, 3.05) is 33.3 Å². The lowest BCUT2D eigenvalue weighted by molar-refractivity contribution is -0.130. The van der Waals surface area contributed by atoms with Crippen LogP contribution in [0.25, 0.3) is 0 Å². The lowest BCUT2D eigenvalue weighted by atomic mass is 9.62. The van der Waals surface area contributed by atoms with E-state index < -0.39 is 0 Å². The molecule has 2 heterocycles. The van der Waals surface area contributed by atoms with Crippen molar-refractivity contribution >= 4 is 11.8 Å². The number of benzene rings is 1. The second-order valence-electron chi connectivity index (χ2n) is 8.86. The highest BCUT2D eigenvalue weighted by atomic mass is 16.5. The highest BCUT2D eigenvalue weighted by Crippen LogP contribution is 2.53. The molecule has 1 saturated carbocycles. The zero-order valence-corrected chi connectivity index (χ0v) is 17.2. The third-order valence-corrected chi connectivity index (χ3v) is 7.35. The van der Waals surface area contributed by atoms with Crippen LogP contribution in [0.5, 0.6) is 5.75 Å². The number of rotatable bonds is 5. The van der Waals surface area contributed by atoms with E-state index >= 15 is 0 Å². The largest absolute Gasteiger partial charge is 0.496 e. The normalized spacial score (nSPS) is 23.1. The molecule has 1 aromatic carbocycles. The standard InChI is InChI=1S/C23H32N2O3/c1-17-19(7-5-8-20(17)28-2)22(27)25-15-18(23(16-25)11-6-12-23)9-10-21(26)24-13-3-4-14-24/h5,7-8,18H,3-4,6,9-16H2,1-2H3. The Morgan fingerprint density at radius 2 is 1.89 bits per heavy atom. The number of carbonyl (C=O) groups is 2. The van der Waals surface area contributed by atoms with Gasteiger partial charge in [0.25, 0.3) is 5.91 Å². The van der Waals surface area contributed by atoms with Gasteiger partial charge in [0.05, 0.1) is 7.11 Å². The average molecular weight is 385 g/mol. The summed E-state index contributed by atoms with van der Waals surface area (Å²) in [6.45, 7) is 5.42. The van der Waals surface area contributed by atoms with Gasteiger partial charge in [-0.2, -0.15) is 0 Å². The van der Waals surface area contributed by atoms with Crippen LogP contribution in [-0.4, -0.2) is 54.9 Å². The average Bonchev–Trinajstić information content (AvgIpc) is 3.33. The first kappa shape index (κ1) is 19.3. The molecule has 1 aromatic rings. The van der Waals surface area contributed by atoms with Crippen LogP contribution in [0.15, 0.2) is 18.2 Å². The summed E-state index contributed by atoms with van der Waals surface area (Å²) >= 11 is 0. The van der Waals surface area contributed by atoms with Crippen LogP contribution in [0, 0.1) is 18.3 Å². The van der Waals surface area contributed by atoms with E-state index in [9.17, 15) is 9.59 Å². The molecular formula is C23H32N2O3. The van der Waals surface area contributed by atoms with Crippen LogP contribution in [-0.2, 0) is 4.79 Å². The Labute approximate surface area is 168 Å². The number of likely N-dealkylation sites (tertiary alicyclic amines) is 2. The van der Waals surface area contributed by atoms with Gasteiger partial charge in [-0.15, -0.1) is 0 Å². The summed E-state index contributed by atoms with van der Waals surface area (Å²) in [6, 6.07) is 5.69. The van der Waals surface area contributed by atoms with E-state index in [2.05, 4.69) is 0 Å². The molecule has 1 spiro atoms. The minimum Gasteiger partial charge on any atom is -0.496 e. The second kappa shape index (κ2) is 7.76. The zero-order chi connectivity index (χ0) is 19.7. The summed E-state index contributed by atoms with van der Waals surface area (Å²) < 4.78 is 5.39. The van der Waals surface area contributed by atoms with Crippen molar-refractivity contribution in [1.29, 1.82) is 0 Å². The maximum Gasteiger partial charge on any atom is 0.254 e. The van der Waals surface area contributed by atoms with Crippen molar-refractivity contribution in [2.45, 2.75) is 51.9 Å². The smallest absolute Gasteiger partial charge is 0.254 e. The van der Waals surface area contributed by atoms with Crippen LogP contribution in [0.2, 0.25) is 0 Å². The fraction of sp³-hybridized carbons (Fsp3) is 0.652. The first-order valence-electron chi connectivity index (χ1n) is 10.7. The molecule has 1 aliphatic carbocycles. The van der Waals surface area contributed by atoms with Gasteiger partial charge in [-0.25, -0.2) is 0 Å². The molecule has 1 atom stereocenters. The highest BCUT2D eigenvalue weighted by Gasteiger charge is 2.51. The van der Waals surface area contributed by atoms with E-state index in [1.807, 2.05) is 34.9 Å².